The van der Waals surface area contributed by atoms with Gasteiger partial charge in [-0.1, -0.05) is 115 Å². The quantitative estimate of drug-likeness (QED) is 0.0801. The van der Waals surface area contributed by atoms with Gasteiger partial charge in [0.05, 0.1) is 23.0 Å². The van der Waals surface area contributed by atoms with Gasteiger partial charge in [-0.2, -0.15) is 0 Å². The number of carbonyl (C=O) groups excluding carboxylic acids is 3. The Morgan fingerprint density at radius 3 is 1.93 bits per heavy atom. The minimum atomic E-state index is -1.02. The van der Waals surface area contributed by atoms with Crippen LogP contribution in [0.1, 0.15) is 71.4 Å². The number of fused-ring (bicyclic) bond motifs is 1. The topological polar surface area (TPSA) is 132 Å². The number of amides is 3. The maximum atomic E-state index is 13.7. The van der Waals surface area contributed by atoms with Crippen LogP contribution in [0.4, 0.5) is 9.18 Å². The molecule has 1 aliphatic rings. The Kier molecular flexibility index (Phi) is 13.3. The standard InChI is InChI=1S/C46H49FN4O5S/c1-45(2,3)56-44(54)50-36(30-57-46(32-14-7-4-8-15-32,33-16-9-5-10-17-33)34-18-11-6-12-19-34)29-49-39-26-27-55-41-37(39)20-13-21-38(41)43(53)51-40(42(48)52)28-31-22-24-35(47)25-23-31/h4-25,36,39-40,49H,26-30H2,1-3H3,(H2,48,52)(H,50,54)(H,51,53)/t36-,39?,40+/m1/s1. The molecule has 11 heteroatoms. The molecule has 1 heterocycles. The first kappa shape index (κ1) is 41.0. The Morgan fingerprint density at radius 2 is 1.39 bits per heavy atom. The van der Waals surface area contributed by atoms with Crippen LogP contribution in [0.5, 0.6) is 5.75 Å². The molecule has 6 rings (SSSR count). The summed E-state index contributed by atoms with van der Waals surface area (Å²) in [6.07, 6.45) is 0.197. The fourth-order valence-corrected chi connectivity index (χ4v) is 8.60. The summed E-state index contributed by atoms with van der Waals surface area (Å²) in [5.74, 6) is -0.717. The van der Waals surface area contributed by atoms with Crippen molar-refractivity contribution in [1.29, 1.82) is 0 Å². The van der Waals surface area contributed by atoms with Gasteiger partial charge in [0, 0.05) is 36.7 Å². The number of primary amides is 1. The van der Waals surface area contributed by atoms with E-state index in [0.717, 1.165) is 22.3 Å². The number of thioether (sulfide) groups is 1. The van der Waals surface area contributed by atoms with Gasteiger partial charge in [-0.25, -0.2) is 9.18 Å². The number of rotatable bonds is 15. The number of halogens is 1. The Hall–Kier alpha value is -5.65. The fourth-order valence-electron chi connectivity index (χ4n) is 7.04. The number of alkyl carbamates (subject to hydrolysis) is 1. The summed E-state index contributed by atoms with van der Waals surface area (Å²) in [4.78, 5) is 39.4. The van der Waals surface area contributed by atoms with Crippen LogP contribution in [0.3, 0.4) is 0 Å². The van der Waals surface area contributed by atoms with Crippen LogP contribution in [0.15, 0.2) is 133 Å². The summed E-state index contributed by atoms with van der Waals surface area (Å²) < 4.78 is 24.7. The SMILES string of the molecule is CC(C)(C)OC(=O)N[C@H](CNC1CCOc2c(C(=O)N[C@@H](Cc3ccc(F)cc3)C(N)=O)cccc21)CSC(c1ccccc1)(c1ccccc1)c1ccccc1. The van der Waals surface area contributed by atoms with Crippen molar-refractivity contribution in [3.8, 4) is 5.75 Å². The Morgan fingerprint density at radius 1 is 0.807 bits per heavy atom. The van der Waals surface area contributed by atoms with Crippen LogP contribution in [-0.4, -0.2) is 54.5 Å². The molecule has 3 amide bonds. The van der Waals surface area contributed by atoms with Crippen molar-refractivity contribution in [3.63, 3.8) is 0 Å². The van der Waals surface area contributed by atoms with Crippen molar-refractivity contribution in [3.05, 3.63) is 173 Å². The van der Waals surface area contributed by atoms with Crippen LogP contribution < -0.4 is 26.4 Å². The minimum Gasteiger partial charge on any atom is -0.492 e. The maximum absolute atomic E-state index is 13.7. The third kappa shape index (κ3) is 10.4. The molecular formula is C46H49FN4O5S. The molecule has 0 fully saturated rings. The lowest BCUT2D eigenvalue weighted by Gasteiger charge is -2.37. The molecule has 1 aliphatic heterocycles. The van der Waals surface area contributed by atoms with Gasteiger partial charge in [0.2, 0.25) is 5.91 Å². The number of hydrogen-bond donors (Lipinski definition) is 4. The average molecular weight is 789 g/mol. The van der Waals surface area contributed by atoms with E-state index in [4.69, 9.17) is 15.2 Å². The highest BCUT2D eigenvalue weighted by Gasteiger charge is 2.38. The summed E-state index contributed by atoms with van der Waals surface area (Å²) in [5, 5.41) is 9.56. The second-order valence-electron chi connectivity index (χ2n) is 15.0. The first-order chi connectivity index (χ1) is 27.4. The average Bonchev–Trinajstić information content (AvgIpc) is 3.20. The van der Waals surface area contributed by atoms with E-state index in [9.17, 15) is 18.8 Å². The smallest absolute Gasteiger partial charge is 0.407 e. The van der Waals surface area contributed by atoms with Gasteiger partial charge in [0.15, 0.2) is 0 Å². The summed E-state index contributed by atoms with van der Waals surface area (Å²) >= 11 is 1.74. The lowest BCUT2D eigenvalue weighted by Crippen LogP contribution is -2.47. The molecule has 0 radical (unpaired) electrons. The van der Waals surface area contributed by atoms with Crippen LogP contribution in [-0.2, 0) is 20.7 Å². The Balaban J connectivity index is 1.25. The van der Waals surface area contributed by atoms with Gasteiger partial charge < -0.3 is 31.2 Å². The molecule has 0 saturated heterocycles. The molecule has 296 valence electrons. The van der Waals surface area contributed by atoms with E-state index < -0.39 is 40.1 Å². The fraction of sp³-hybridized carbons (Fsp3) is 0.283. The van der Waals surface area contributed by atoms with Crippen molar-refractivity contribution in [2.24, 2.45) is 5.73 Å². The van der Waals surface area contributed by atoms with E-state index in [1.54, 1.807) is 36.0 Å². The summed E-state index contributed by atoms with van der Waals surface area (Å²) in [7, 11) is 0. The predicted octanol–water partition coefficient (Wildman–Crippen LogP) is 7.68. The zero-order valence-electron chi connectivity index (χ0n) is 32.4. The van der Waals surface area contributed by atoms with Crippen LogP contribution >= 0.6 is 11.8 Å². The predicted molar refractivity (Wildman–Crippen MR) is 223 cm³/mol. The second kappa shape index (κ2) is 18.5. The second-order valence-corrected chi connectivity index (χ2v) is 16.2. The van der Waals surface area contributed by atoms with Gasteiger partial charge >= 0.3 is 6.09 Å². The van der Waals surface area contributed by atoms with Gasteiger partial charge in [-0.3, -0.25) is 9.59 Å². The third-order valence-corrected chi connectivity index (χ3v) is 11.4. The van der Waals surface area contributed by atoms with Crippen LogP contribution in [0.25, 0.3) is 0 Å². The van der Waals surface area contributed by atoms with E-state index in [0.29, 0.717) is 36.6 Å². The molecule has 0 aliphatic carbocycles. The van der Waals surface area contributed by atoms with E-state index in [1.165, 1.54) is 12.1 Å². The van der Waals surface area contributed by atoms with E-state index in [-0.39, 0.29) is 24.1 Å². The molecule has 9 nitrogen and oxygen atoms in total. The van der Waals surface area contributed by atoms with Gasteiger partial charge in [0.25, 0.3) is 5.91 Å². The first-order valence-electron chi connectivity index (χ1n) is 19.1. The molecule has 1 unspecified atom stereocenters. The molecule has 0 aromatic heterocycles. The van der Waals surface area contributed by atoms with Gasteiger partial charge in [-0.15, -0.1) is 11.8 Å². The summed E-state index contributed by atoms with van der Waals surface area (Å²) in [6, 6.07) is 40.5. The molecule has 5 N–H and O–H groups in total. The molecular weight excluding hydrogens is 740 g/mol. The number of carbonyl (C=O) groups is 3. The molecule has 3 atom stereocenters. The number of nitrogens with two attached hydrogens (primary N) is 1. The van der Waals surface area contributed by atoms with Crippen molar-refractivity contribution < 1.29 is 28.2 Å². The molecule has 5 aromatic carbocycles. The normalized spacial score (nSPS) is 15.0. The summed E-state index contributed by atoms with van der Waals surface area (Å²) in [5.41, 5.74) is 10.0. The lowest BCUT2D eigenvalue weighted by atomic mass is 9.84. The number of benzene rings is 5. The number of nitrogens with one attached hydrogen (secondary N) is 3. The highest BCUT2D eigenvalue weighted by molar-refractivity contribution is 8.00. The highest BCUT2D eigenvalue weighted by atomic mass is 32.2. The molecule has 57 heavy (non-hydrogen) atoms. The minimum absolute atomic E-state index is 0.103. The highest BCUT2D eigenvalue weighted by Crippen LogP contribution is 2.48. The molecule has 0 saturated carbocycles. The molecule has 5 aromatic rings. The zero-order valence-corrected chi connectivity index (χ0v) is 33.2. The molecule has 0 spiro atoms. The van der Waals surface area contributed by atoms with Gasteiger partial charge in [-0.05, 0) is 61.2 Å². The number of para-hydroxylation sites is 1. The monoisotopic (exact) mass is 788 g/mol. The first-order valence-corrected chi connectivity index (χ1v) is 20.1. The van der Waals surface area contributed by atoms with E-state index >= 15 is 0 Å². The molecule has 0 bridgehead atoms. The zero-order chi connectivity index (χ0) is 40.4. The maximum Gasteiger partial charge on any atom is 0.407 e. The third-order valence-electron chi connectivity index (χ3n) is 9.69. The number of ether oxygens (including phenoxy) is 2. The van der Waals surface area contributed by atoms with E-state index in [2.05, 4.69) is 52.3 Å². The van der Waals surface area contributed by atoms with Crippen molar-refractivity contribution in [2.75, 3.05) is 18.9 Å². The van der Waals surface area contributed by atoms with Gasteiger partial charge in [0.1, 0.15) is 23.2 Å². The largest absolute Gasteiger partial charge is 0.492 e. The van der Waals surface area contributed by atoms with Crippen LogP contribution in [0.2, 0.25) is 0 Å². The van der Waals surface area contributed by atoms with Crippen molar-refractivity contribution >= 4 is 29.7 Å². The summed E-state index contributed by atoms with van der Waals surface area (Å²) in [6.45, 7) is 6.22. The van der Waals surface area contributed by atoms with E-state index in [1.807, 2.05) is 81.4 Å². The van der Waals surface area contributed by atoms with Crippen molar-refractivity contribution in [1.82, 2.24) is 16.0 Å². The van der Waals surface area contributed by atoms with Crippen molar-refractivity contribution in [2.45, 2.75) is 62.1 Å². The van der Waals surface area contributed by atoms with Crippen LogP contribution in [0, 0.1) is 5.82 Å². The Labute approximate surface area is 337 Å². The Bertz CT molecular complexity index is 2020. The lowest BCUT2D eigenvalue weighted by molar-refractivity contribution is -0.119. The number of hydrogen-bond acceptors (Lipinski definition) is 7.